The van der Waals surface area contributed by atoms with Gasteiger partial charge in [0.2, 0.25) is 0 Å². The molecule has 1 N–H and O–H groups in total. The van der Waals surface area contributed by atoms with E-state index in [2.05, 4.69) is 19.2 Å². The average Bonchev–Trinajstić information content (AvgIpc) is 2.49. The molecule has 0 aliphatic heterocycles. The van der Waals surface area contributed by atoms with Crippen molar-refractivity contribution < 1.29 is 9.13 Å². The van der Waals surface area contributed by atoms with Crippen LogP contribution >= 0.6 is 0 Å². The zero-order valence-electron chi connectivity index (χ0n) is 13.3. The van der Waals surface area contributed by atoms with E-state index in [0.29, 0.717) is 24.1 Å². The van der Waals surface area contributed by atoms with E-state index in [9.17, 15) is 4.39 Å². The highest BCUT2D eigenvalue weighted by atomic mass is 19.1. The summed E-state index contributed by atoms with van der Waals surface area (Å²) in [5.41, 5.74) is 0.668. The maximum Gasteiger partial charge on any atom is 0.129 e. The molecule has 0 amide bonds. The van der Waals surface area contributed by atoms with E-state index >= 15 is 0 Å². The minimum atomic E-state index is -0.199. The van der Waals surface area contributed by atoms with Crippen molar-refractivity contribution in [1.29, 1.82) is 0 Å². The molecule has 1 atom stereocenters. The number of nitrogens with one attached hydrogen (secondary N) is 1. The van der Waals surface area contributed by atoms with Crippen LogP contribution in [0.3, 0.4) is 0 Å². The van der Waals surface area contributed by atoms with Crippen molar-refractivity contribution in [1.82, 2.24) is 5.32 Å². The molecule has 1 aromatic carbocycles. The van der Waals surface area contributed by atoms with Crippen LogP contribution < -0.4 is 5.32 Å². The predicted octanol–water partition coefficient (Wildman–Crippen LogP) is 4.46. The minimum absolute atomic E-state index is 0.170. The summed E-state index contributed by atoms with van der Waals surface area (Å²) in [6, 6.07) is 7.33. The van der Waals surface area contributed by atoms with Crippen molar-refractivity contribution in [3.8, 4) is 0 Å². The fourth-order valence-corrected chi connectivity index (χ4v) is 2.94. The Morgan fingerprint density at radius 1 is 1.19 bits per heavy atom. The van der Waals surface area contributed by atoms with E-state index < -0.39 is 0 Å². The molecule has 0 heterocycles. The molecule has 1 unspecified atom stereocenters. The second-order valence-electron chi connectivity index (χ2n) is 6.41. The Morgan fingerprint density at radius 2 is 1.90 bits per heavy atom. The van der Waals surface area contributed by atoms with E-state index in [1.165, 1.54) is 38.2 Å². The predicted molar refractivity (Wildman–Crippen MR) is 84.8 cm³/mol. The molecule has 0 aromatic heterocycles. The van der Waals surface area contributed by atoms with Crippen LogP contribution in [0.1, 0.15) is 57.6 Å². The Balaban J connectivity index is 1.96. The molecule has 0 spiro atoms. The summed E-state index contributed by atoms with van der Waals surface area (Å²) in [5, 5.41) is 3.37. The smallest absolute Gasteiger partial charge is 0.129 e. The minimum Gasteiger partial charge on any atom is -0.372 e. The van der Waals surface area contributed by atoms with E-state index in [0.717, 1.165) is 6.61 Å². The Morgan fingerprint density at radius 3 is 2.57 bits per heavy atom. The second-order valence-corrected chi connectivity index (χ2v) is 6.41. The SMILES string of the molecule is CC(C)NCC(OCC1CCCCC1)c1ccccc1F. The maximum atomic E-state index is 14.0. The molecular weight excluding hydrogens is 265 g/mol. The molecule has 3 heteroatoms. The molecule has 0 radical (unpaired) electrons. The first-order valence-corrected chi connectivity index (χ1v) is 8.26. The molecule has 1 aliphatic rings. The molecule has 1 aromatic rings. The van der Waals surface area contributed by atoms with Crippen LogP contribution in [0.5, 0.6) is 0 Å². The van der Waals surface area contributed by atoms with Crippen molar-refractivity contribution in [3.05, 3.63) is 35.6 Å². The third kappa shape index (κ3) is 5.40. The molecule has 1 fully saturated rings. The Hall–Kier alpha value is -0.930. The van der Waals surface area contributed by atoms with Crippen molar-refractivity contribution in [2.24, 2.45) is 5.92 Å². The van der Waals surface area contributed by atoms with Gasteiger partial charge in [0.05, 0.1) is 12.7 Å². The van der Waals surface area contributed by atoms with Crippen molar-refractivity contribution in [2.45, 2.75) is 58.1 Å². The molecule has 2 nitrogen and oxygen atoms in total. The highest BCUT2D eigenvalue weighted by molar-refractivity contribution is 5.20. The number of hydrogen-bond donors (Lipinski definition) is 1. The van der Waals surface area contributed by atoms with E-state index in [4.69, 9.17) is 4.74 Å². The van der Waals surface area contributed by atoms with Gasteiger partial charge in [-0.2, -0.15) is 0 Å². The molecule has 21 heavy (non-hydrogen) atoms. The van der Waals surface area contributed by atoms with Gasteiger partial charge in [0.25, 0.3) is 0 Å². The topological polar surface area (TPSA) is 21.3 Å². The van der Waals surface area contributed by atoms with E-state index in [-0.39, 0.29) is 11.9 Å². The van der Waals surface area contributed by atoms with Crippen LogP contribution in [0, 0.1) is 11.7 Å². The molecule has 1 aliphatic carbocycles. The number of halogens is 1. The summed E-state index contributed by atoms with van der Waals surface area (Å²) in [5.74, 6) is 0.476. The van der Waals surface area contributed by atoms with Crippen molar-refractivity contribution in [2.75, 3.05) is 13.2 Å². The number of hydrogen-bond acceptors (Lipinski definition) is 2. The third-order valence-electron chi connectivity index (χ3n) is 4.22. The first kappa shape index (κ1) is 16.4. The first-order valence-electron chi connectivity index (χ1n) is 8.26. The molecule has 0 saturated heterocycles. The summed E-state index contributed by atoms with van der Waals surface area (Å²) in [6.07, 6.45) is 6.27. The monoisotopic (exact) mass is 293 g/mol. The van der Waals surface area contributed by atoms with Gasteiger partial charge in [0, 0.05) is 18.2 Å². The normalized spacial score (nSPS) is 18.1. The summed E-state index contributed by atoms with van der Waals surface area (Å²) >= 11 is 0. The summed E-state index contributed by atoms with van der Waals surface area (Å²) in [6.45, 7) is 5.60. The van der Waals surface area contributed by atoms with Gasteiger partial charge in [-0.25, -0.2) is 4.39 Å². The third-order valence-corrected chi connectivity index (χ3v) is 4.22. The lowest BCUT2D eigenvalue weighted by molar-refractivity contribution is 0.0172. The lowest BCUT2D eigenvalue weighted by atomic mass is 9.90. The van der Waals surface area contributed by atoms with Gasteiger partial charge in [-0.3, -0.25) is 0 Å². The fraction of sp³-hybridized carbons (Fsp3) is 0.667. The zero-order valence-corrected chi connectivity index (χ0v) is 13.3. The van der Waals surface area contributed by atoms with Gasteiger partial charge in [0.1, 0.15) is 5.82 Å². The van der Waals surface area contributed by atoms with Crippen molar-refractivity contribution in [3.63, 3.8) is 0 Å². The Labute approximate surface area is 128 Å². The van der Waals surface area contributed by atoms with Crippen LogP contribution in [0.2, 0.25) is 0 Å². The van der Waals surface area contributed by atoms with Gasteiger partial charge in [0.15, 0.2) is 0 Å². The molecule has 0 bridgehead atoms. The highest BCUT2D eigenvalue weighted by Crippen LogP contribution is 2.27. The second kappa shape index (κ2) is 8.50. The van der Waals surface area contributed by atoms with Crippen molar-refractivity contribution >= 4 is 0 Å². The van der Waals surface area contributed by atoms with Gasteiger partial charge >= 0.3 is 0 Å². The fourth-order valence-electron chi connectivity index (χ4n) is 2.94. The van der Waals surface area contributed by atoms with E-state index in [1.54, 1.807) is 6.07 Å². The molecule has 1 saturated carbocycles. The molecule has 118 valence electrons. The maximum absolute atomic E-state index is 14.0. The zero-order chi connectivity index (χ0) is 15.1. The van der Waals surface area contributed by atoms with Crippen LogP contribution in [-0.2, 0) is 4.74 Å². The first-order chi connectivity index (χ1) is 10.2. The quantitative estimate of drug-likeness (QED) is 0.801. The average molecular weight is 293 g/mol. The lowest BCUT2D eigenvalue weighted by Gasteiger charge is -2.26. The van der Waals surface area contributed by atoms with Gasteiger partial charge in [-0.05, 0) is 24.8 Å². The summed E-state index contributed by atoms with van der Waals surface area (Å²) in [4.78, 5) is 0. The molecular formula is C18H28FNO. The standard InChI is InChI=1S/C18H28FNO/c1-14(2)20-12-18(16-10-6-7-11-17(16)19)21-13-15-8-4-3-5-9-15/h6-7,10-11,14-15,18,20H,3-5,8-9,12-13H2,1-2H3. The number of ether oxygens (including phenoxy) is 1. The number of rotatable bonds is 7. The summed E-state index contributed by atoms with van der Waals surface area (Å²) < 4.78 is 20.1. The lowest BCUT2D eigenvalue weighted by Crippen LogP contribution is -2.30. The van der Waals surface area contributed by atoms with Crippen LogP contribution in [-0.4, -0.2) is 19.2 Å². The van der Waals surface area contributed by atoms with Crippen LogP contribution in [0.15, 0.2) is 24.3 Å². The Bertz CT molecular complexity index is 415. The van der Waals surface area contributed by atoms with E-state index in [1.807, 2.05) is 12.1 Å². The summed E-state index contributed by atoms with van der Waals surface area (Å²) in [7, 11) is 0. The van der Waals surface area contributed by atoms with Crippen LogP contribution in [0.4, 0.5) is 4.39 Å². The van der Waals surface area contributed by atoms with Gasteiger partial charge in [-0.15, -0.1) is 0 Å². The Kier molecular flexibility index (Phi) is 6.65. The number of benzene rings is 1. The van der Waals surface area contributed by atoms with Crippen LogP contribution in [0.25, 0.3) is 0 Å². The largest absolute Gasteiger partial charge is 0.372 e. The highest BCUT2D eigenvalue weighted by Gasteiger charge is 2.20. The van der Waals surface area contributed by atoms with Gasteiger partial charge < -0.3 is 10.1 Å². The van der Waals surface area contributed by atoms with Gasteiger partial charge in [-0.1, -0.05) is 51.3 Å². The molecule has 2 rings (SSSR count).